The van der Waals surface area contributed by atoms with Gasteiger partial charge < -0.3 is 10.0 Å². The molecule has 1 aromatic rings. The van der Waals surface area contributed by atoms with E-state index in [9.17, 15) is 9.90 Å². The van der Waals surface area contributed by atoms with Gasteiger partial charge in [-0.3, -0.25) is 4.79 Å². The Morgan fingerprint density at radius 1 is 1.35 bits per heavy atom. The summed E-state index contributed by atoms with van der Waals surface area (Å²) in [6, 6.07) is -0.00427. The second-order valence-corrected chi connectivity index (χ2v) is 7.02. The van der Waals surface area contributed by atoms with Crippen molar-refractivity contribution in [2.75, 3.05) is 6.54 Å². The molecule has 1 saturated heterocycles. The van der Waals surface area contributed by atoms with E-state index in [0.717, 1.165) is 44.2 Å². The van der Waals surface area contributed by atoms with Crippen molar-refractivity contribution >= 4 is 17.2 Å². The molecular formula is C16H23NO2S. The first-order valence-corrected chi connectivity index (χ1v) is 8.64. The van der Waals surface area contributed by atoms with Crippen molar-refractivity contribution in [3.63, 3.8) is 0 Å². The van der Waals surface area contributed by atoms with Gasteiger partial charge >= 0.3 is 0 Å². The summed E-state index contributed by atoms with van der Waals surface area (Å²) < 4.78 is 0. The number of rotatable bonds is 2. The molecule has 1 aliphatic carbocycles. The van der Waals surface area contributed by atoms with Crippen molar-refractivity contribution in [1.82, 2.24) is 4.90 Å². The summed E-state index contributed by atoms with van der Waals surface area (Å²) in [4.78, 5) is 16.2. The zero-order chi connectivity index (χ0) is 14.1. The number of aliphatic hydroxyl groups is 1. The molecule has 0 bridgehead atoms. The van der Waals surface area contributed by atoms with Gasteiger partial charge in [0.05, 0.1) is 17.7 Å². The molecule has 20 heavy (non-hydrogen) atoms. The second-order valence-electron chi connectivity index (χ2n) is 6.06. The summed E-state index contributed by atoms with van der Waals surface area (Å²) in [7, 11) is 0. The number of nitrogens with zero attached hydrogens (tertiary/aromatic N) is 1. The maximum absolute atomic E-state index is 12.9. The fourth-order valence-electron chi connectivity index (χ4n) is 3.54. The summed E-state index contributed by atoms with van der Waals surface area (Å²) >= 11 is 1.74. The molecule has 1 aliphatic heterocycles. The van der Waals surface area contributed by atoms with Crippen LogP contribution in [-0.4, -0.2) is 34.6 Å². The van der Waals surface area contributed by atoms with Crippen LogP contribution < -0.4 is 0 Å². The highest BCUT2D eigenvalue weighted by Crippen LogP contribution is 2.32. The van der Waals surface area contributed by atoms with Crippen LogP contribution in [-0.2, 0) is 12.8 Å². The molecule has 0 aromatic carbocycles. The fourth-order valence-corrected chi connectivity index (χ4v) is 4.66. The summed E-state index contributed by atoms with van der Waals surface area (Å²) in [5, 5.41) is 12.0. The second kappa shape index (κ2) is 5.86. The normalized spacial score (nSPS) is 24.3. The lowest BCUT2D eigenvalue weighted by molar-refractivity contribution is 0.0280. The van der Waals surface area contributed by atoms with Crippen LogP contribution >= 0.6 is 11.3 Å². The van der Waals surface area contributed by atoms with E-state index in [2.05, 4.69) is 0 Å². The highest BCUT2D eigenvalue weighted by Gasteiger charge is 2.32. The Morgan fingerprint density at radius 2 is 2.15 bits per heavy atom. The Kier molecular flexibility index (Phi) is 4.13. The van der Waals surface area contributed by atoms with Gasteiger partial charge in [-0.25, -0.2) is 0 Å². The highest BCUT2D eigenvalue weighted by atomic mass is 32.1. The Bertz CT molecular complexity index is 495. The van der Waals surface area contributed by atoms with E-state index < -0.39 is 6.10 Å². The minimum Gasteiger partial charge on any atom is -0.391 e. The predicted octanol–water partition coefficient (Wildman–Crippen LogP) is 3.00. The number of carbonyl (C=O) groups is 1. The van der Waals surface area contributed by atoms with Crippen LogP contribution in [0.5, 0.6) is 0 Å². The van der Waals surface area contributed by atoms with Crippen LogP contribution in [0.1, 0.15) is 59.8 Å². The van der Waals surface area contributed by atoms with Crippen molar-refractivity contribution < 1.29 is 9.90 Å². The molecule has 4 heteroatoms. The van der Waals surface area contributed by atoms with E-state index in [1.165, 1.54) is 23.3 Å². The average molecular weight is 293 g/mol. The average Bonchev–Trinajstić information content (AvgIpc) is 2.90. The minimum absolute atomic E-state index is 0.00427. The smallest absolute Gasteiger partial charge is 0.255 e. The van der Waals surface area contributed by atoms with Crippen LogP contribution in [0.2, 0.25) is 0 Å². The van der Waals surface area contributed by atoms with E-state index in [0.29, 0.717) is 0 Å². The molecule has 2 unspecified atom stereocenters. The monoisotopic (exact) mass is 293 g/mol. The van der Waals surface area contributed by atoms with Crippen molar-refractivity contribution in [3.8, 4) is 0 Å². The molecule has 0 radical (unpaired) electrons. The molecule has 2 atom stereocenters. The van der Waals surface area contributed by atoms with Crippen molar-refractivity contribution in [2.45, 2.75) is 64.0 Å². The molecule has 2 heterocycles. The van der Waals surface area contributed by atoms with Crippen molar-refractivity contribution in [2.24, 2.45) is 0 Å². The van der Waals surface area contributed by atoms with Crippen molar-refractivity contribution in [3.05, 3.63) is 21.4 Å². The van der Waals surface area contributed by atoms with E-state index in [1.807, 2.05) is 10.3 Å². The van der Waals surface area contributed by atoms with Crippen LogP contribution in [0.3, 0.4) is 0 Å². The quantitative estimate of drug-likeness (QED) is 0.910. The third kappa shape index (κ3) is 2.51. The van der Waals surface area contributed by atoms with Crippen LogP contribution in [0.4, 0.5) is 0 Å². The maximum Gasteiger partial charge on any atom is 0.255 e. The number of fused-ring (bicyclic) bond motifs is 1. The van der Waals surface area contributed by atoms with Crippen LogP contribution in [0.25, 0.3) is 0 Å². The molecule has 1 aromatic heterocycles. The first-order chi connectivity index (χ1) is 9.68. The molecule has 1 N–H and O–H groups in total. The molecular weight excluding hydrogens is 270 g/mol. The number of thiophene rings is 1. The zero-order valence-corrected chi connectivity index (χ0v) is 12.9. The molecule has 1 amide bonds. The first-order valence-electron chi connectivity index (χ1n) is 7.76. The van der Waals surface area contributed by atoms with Gasteiger partial charge in [0.15, 0.2) is 0 Å². The molecule has 1 fully saturated rings. The van der Waals surface area contributed by atoms with Gasteiger partial charge in [-0.1, -0.05) is 0 Å². The lowest BCUT2D eigenvalue weighted by Gasteiger charge is -2.37. The summed E-state index contributed by atoms with van der Waals surface area (Å²) in [6.07, 6.45) is 7.29. The summed E-state index contributed by atoms with van der Waals surface area (Å²) in [5.74, 6) is 0.148. The maximum atomic E-state index is 12.9. The zero-order valence-electron chi connectivity index (χ0n) is 12.1. The molecule has 2 aliphatic rings. The number of hydrogen-bond donors (Lipinski definition) is 1. The highest BCUT2D eigenvalue weighted by molar-refractivity contribution is 7.10. The topological polar surface area (TPSA) is 40.5 Å². The van der Waals surface area contributed by atoms with Crippen LogP contribution in [0, 0.1) is 0 Å². The molecule has 0 saturated carbocycles. The van der Waals surface area contributed by atoms with E-state index in [4.69, 9.17) is 0 Å². The Labute approximate surface area is 124 Å². The number of amides is 1. The number of aliphatic hydroxyl groups excluding tert-OH is 1. The Balaban J connectivity index is 1.85. The van der Waals surface area contributed by atoms with Gasteiger partial charge in [-0.2, -0.15) is 0 Å². The van der Waals surface area contributed by atoms with Gasteiger partial charge in [-0.15, -0.1) is 11.3 Å². The molecule has 110 valence electrons. The third-order valence-corrected chi connectivity index (χ3v) is 5.75. The third-order valence-electron chi connectivity index (χ3n) is 4.66. The SMILES string of the molecule is CC(O)C1CCCCN1C(=O)c1csc2c1CCCC2. The van der Waals surface area contributed by atoms with Gasteiger partial charge in [0, 0.05) is 16.8 Å². The Hall–Kier alpha value is -0.870. The Morgan fingerprint density at radius 3 is 2.95 bits per heavy atom. The summed E-state index contributed by atoms with van der Waals surface area (Å²) in [6.45, 7) is 2.60. The van der Waals surface area contributed by atoms with E-state index >= 15 is 0 Å². The predicted molar refractivity (Wildman–Crippen MR) is 81.3 cm³/mol. The van der Waals surface area contributed by atoms with Gasteiger partial charge in [0.1, 0.15) is 0 Å². The molecule has 3 nitrogen and oxygen atoms in total. The number of piperidine rings is 1. The lowest BCUT2D eigenvalue weighted by Crippen LogP contribution is -2.49. The number of hydrogen-bond acceptors (Lipinski definition) is 3. The standard InChI is InChI=1S/C16H23NO2S/c1-11(18)14-7-4-5-9-17(14)16(19)13-10-20-15-8-3-2-6-12(13)15/h10-11,14,18H,2-9H2,1H3. The first kappa shape index (κ1) is 14.1. The number of carbonyl (C=O) groups excluding carboxylic acids is 1. The fraction of sp³-hybridized carbons (Fsp3) is 0.688. The molecule has 0 spiro atoms. The minimum atomic E-state index is -0.436. The largest absolute Gasteiger partial charge is 0.391 e. The van der Waals surface area contributed by atoms with Gasteiger partial charge in [-0.05, 0) is 57.4 Å². The van der Waals surface area contributed by atoms with Crippen molar-refractivity contribution in [1.29, 1.82) is 0 Å². The number of aryl methyl sites for hydroxylation is 1. The number of likely N-dealkylation sites (tertiary alicyclic amines) is 1. The lowest BCUT2D eigenvalue weighted by atomic mass is 9.93. The van der Waals surface area contributed by atoms with Gasteiger partial charge in [0.25, 0.3) is 5.91 Å². The molecule has 3 rings (SSSR count). The van der Waals surface area contributed by atoms with Gasteiger partial charge in [0.2, 0.25) is 0 Å². The van der Waals surface area contributed by atoms with E-state index in [1.54, 1.807) is 18.3 Å². The van der Waals surface area contributed by atoms with E-state index in [-0.39, 0.29) is 11.9 Å². The van der Waals surface area contributed by atoms with Crippen LogP contribution in [0.15, 0.2) is 5.38 Å². The summed E-state index contributed by atoms with van der Waals surface area (Å²) in [5.41, 5.74) is 2.21.